The zero-order valence-corrected chi connectivity index (χ0v) is 17.1. The molecule has 0 bridgehead atoms. The van der Waals surface area contributed by atoms with Crippen molar-refractivity contribution in [2.24, 2.45) is 4.99 Å². The number of phenols is 1. The number of aromatic hydroxyl groups is 1. The first-order valence-corrected chi connectivity index (χ1v) is 10.4. The number of nitrogens with zero attached hydrogens (tertiary/aromatic N) is 1. The maximum absolute atomic E-state index is 12.6. The SMILES string of the molecule is Cc1ccc(S(=O)(=O)Nc2cc(N=Cc3ccccc3O)c(Cl)cc2Cl)cc1. The first-order chi connectivity index (χ1) is 13.3. The van der Waals surface area contributed by atoms with Crippen molar-refractivity contribution in [3.05, 3.63) is 81.8 Å². The van der Waals surface area contributed by atoms with Crippen molar-refractivity contribution < 1.29 is 13.5 Å². The lowest BCUT2D eigenvalue weighted by molar-refractivity contribution is 0.474. The van der Waals surface area contributed by atoms with Gasteiger partial charge in [-0.3, -0.25) is 9.71 Å². The lowest BCUT2D eigenvalue weighted by Crippen LogP contribution is -2.13. The van der Waals surface area contributed by atoms with Gasteiger partial charge >= 0.3 is 0 Å². The van der Waals surface area contributed by atoms with Crippen molar-refractivity contribution in [2.45, 2.75) is 11.8 Å². The Balaban J connectivity index is 1.93. The number of nitrogens with one attached hydrogen (secondary N) is 1. The third-order valence-corrected chi connectivity index (χ3v) is 5.89. The summed E-state index contributed by atoms with van der Waals surface area (Å²) >= 11 is 12.3. The van der Waals surface area contributed by atoms with E-state index in [1.807, 2.05) is 6.92 Å². The van der Waals surface area contributed by atoms with Gasteiger partial charge in [0.2, 0.25) is 0 Å². The molecule has 0 aromatic heterocycles. The molecule has 0 saturated carbocycles. The first kappa shape index (κ1) is 20.2. The highest BCUT2D eigenvalue weighted by Gasteiger charge is 2.17. The molecule has 28 heavy (non-hydrogen) atoms. The molecule has 8 heteroatoms. The fourth-order valence-electron chi connectivity index (χ4n) is 2.37. The van der Waals surface area contributed by atoms with Crippen LogP contribution < -0.4 is 4.72 Å². The third kappa shape index (κ3) is 4.65. The number of para-hydroxylation sites is 1. The number of halogens is 2. The average Bonchev–Trinajstić information content (AvgIpc) is 2.64. The number of anilines is 1. The second kappa shape index (κ2) is 8.22. The van der Waals surface area contributed by atoms with E-state index >= 15 is 0 Å². The molecule has 0 saturated heterocycles. The van der Waals surface area contributed by atoms with Gasteiger partial charge < -0.3 is 5.11 Å². The van der Waals surface area contributed by atoms with E-state index in [0.29, 0.717) is 11.3 Å². The normalized spacial score (nSPS) is 11.7. The van der Waals surface area contributed by atoms with E-state index in [0.717, 1.165) is 5.56 Å². The van der Waals surface area contributed by atoms with Crippen LogP contribution in [0.2, 0.25) is 10.0 Å². The van der Waals surface area contributed by atoms with E-state index in [1.54, 1.807) is 30.3 Å². The van der Waals surface area contributed by atoms with Gasteiger partial charge in [-0.15, -0.1) is 0 Å². The molecule has 0 unspecified atom stereocenters. The molecule has 0 spiro atoms. The summed E-state index contributed by atoms with van der Waals surface area (Å²) in [7, 11) is -3.83. The zero-order chi connectivity index (χ0) is 20.3. The van der Waals surface area contributed by atoms with E-state index in [1.165, 1.54) is 36.5 Å². The van der Waals surface area contributed by atoms with Crippen molar-refractivity contribution in [1.82, 2.24) is 0 Å². The van der Waals surface area contributed by atoms with Gasteiger partial charge in [0.15, 0.2) is 0 Å². The van der Waals surface area contributed by atoms with Crippen LogP contribution in [0.25, 0.3) is 0 Å². The number of aliphatic imine (C=N–C) groups is 1. The Bertz CT molecular complexity index is 1140. The number of phenolic OH excluding ortho intramolecular Hbond substituents is 1. The quantitative estimate of drug-likeness (QED) is 0.515. The Morgan fingerprint density at radius 2 is 1.68 bits per heavy atom. The summed E-state index contributed by atoms with van der Waals surface area (Å²) in [5, 5.41) is 10.2. The summed E-state index contributed by atoms with van der Waals surface area (Å²) in [6.45, 7) is 1.87. The van der Waals surface area contributed by atoms with Crippen LogP contribution in [-0.4, -0.2) is 19.7 Å². The molecule has 0 heterocycles. The minimum absolute atomic E-state index is 0.0663. The number of aryl methyl sites for hydroxylation is 1. The number of rotatable bonds is 5. The van der Waals surface area contributed by atoms with Crippen LogP contribution >= 0.6 is 23.2 Å². The summed E-state index contributed by atoms with van der Waals surface area (Å²) in [6, 6.07) is 16.0. The molecular formula is C20H16Cl2N2O3S. The lowest BCUT2D eigenvalue weighted by atomic mass is 10.2. The summed E-state index contributed by atoms with van der Waals surface area (Å²) < 4.78 is 27.7. The van der Waals surface area contributed by atoms with Crippen molar-refractivity contribution in [3.8, 4) is 5.75 Å². The molecule has 0 aliphatic carbocycles. The Labute approximate surface area is 173 Å². The van der Waals surface area contributed by atoms with Crippen molar-refractivity contribution in [1.29, 1.82) is 0 Å². The molecule has 0 amide bonds. The van der Waals surface area contributed by atoms with Crippen LogP contribution in [0.15, 0.2) is 70.6 Å². The summed E-state index contributed by atoms with van der Waals surface area (Å²) in [4.78, 5) is 4.36. The van der Waals surface area contributed by atoms with Gasteiger partial charge in [0.05, 0.1) is 26.3 Å². The van der Waals surface area contributed by atoms with Crippen LogP contribution in [-0.2, 0) is 10.0 Å². The Morgan fingerprint density at radius 3 is 2.36 bits per heavy atom. The number of benzene rings is 3. The average molecular weight is 435 g/mol. The Hall–Kier alpha value is -2.54. The number of hydrogen-bond donors (Lipinski definition) is 2. The van der Waals surface area contributed by atoms with Gasteiger partial charge in [-0.1, -0.05) is 53.0 Å². The number of hydrogen-bond acceptors (Lipinski definition) is 4. The highest BCUT2D eigenvalue weighted by molar-refractivity contribution is 7.92. The van der Waals surface area contributed by atoms with Gasteiger partial charge in [-0.25, -0.2) is 8.42 Å². The van der Waals surface area contributed by atoms with Crippen molar-refractivity contribution in [3.63, 3.8) is 0 Å². The zero-order valence-electron chi connectivity index (χ0n) is 14.7. The molecule has 5 nitrogen and oxygen atoms in total. The highest BCUT2D eigenvalue weighted by Crippen LogP contribution is 2.35. The topological polar surface area (TPSA) is 78.8 Å². The summed E-state index contributed by atoms with van der Waals surface area (Å²) in [5.74, 6) is 0.0663. The molecule has 0 aliphatic rings. The molecule has 0 atom stereocenters. The van der Waals surface area contributed by atoms with Gasteiger partial charge in [0.1, 0.15) is 5.75 Å². The Morgan fingerprint density at radius 1 is 1.00 bits per heavy atom. The van der Waals surface area contributed by atoms with Crippen LogP contribution in [0, 0.1) is 6.92 Å². The molecule has 3 rings (SSSR count). The molecule has 0 fully saturated rings. The van der Waals surface area contributed by atoms with Crippen LogP contribution in [0.3, 0.4) is 0 Å². The minimum atomic E-state index is -3.83. The van der Waals surface area contributed by atoms with Gasteiger partial charge in [0, 0.05) is 11.8 Å². The van der Waals surface area contributed by atoms with E-state index in [9.17, 15) is 13.5 Å². The number of sulfonamides is 1. The van der Waals surface area contributed by atoms with E-state index in [4.69, 9.17) is 23.2 Å². The van der Waals surface area contributed by atoms with Gasteiger partial charge in [-0.05, 0) is 43.3 Å². The predicted octanol–water partition coefficient (Wildman–Crippen LogP) is 5.56. The molecule has 144 valence electrons. The van der Waals surface area contributed by atoms with Crippen LogP contribution in [0.1, 0.15) is 11.1 Å². The minimum Gasteiger partial charge on any atom is -0.507 e. The third-order valence-electron chi connectivity index (χ3n) is 3.89. The van der Waals surface area contributed by atoms with E-state index < -0.39 is 10.0 Å². The van der Waals surface area contributed by atoms with Gasteiger partial charge in [0.25, 0.3) is 10.0 Å². The molecule has 2 N–H and O–H groups in total. The summed E-state index contributed by atoms with van der Waals surface area (Å²) in [5.41, 5.74) is 1.89. The second-order valence-electron chi connectivity index (χ2n) is 6.02. The molecular weight excluding hydrogens is 419 g/mol. The molecule has 0 aliphatic heterocycles. The van der Waals surface area contributed by atoms with Gasteiger partial charge in [-0.2, -0.15) is 0 Å². The Kier molecular flexibility index (Phi) is 5.93. The lowest BCUT2D eigenvalue weighted by Gasteiger charge is -2.11. The van der Waals surface area contributed by atoms with Crippen molar-refractivity contribution in [2.75, 3.05) is 4.72 Å². The largest absolute Gasteiger partial charge is 0.507 e. The van der Waals surface area contributed by atoms with E-state index in [-0.39, 0.29) is 26.4 Å². The fourth-order valence-corrected chi connectivity index (χ4v) is 3.98. The van der Waals surface area contributed by atoms with Crippen molar-refractivity contribution >= 4 is 50.8 Å². The molecule has 0 radical (unpaired) electrons. The predicted molar refractivity (Wildman–Crippen MR) is 114 cm³/mol. The van der Waals surface area contributed by atoms with E-state index in [2.05, 4.69) is 9.71 Å². The first-order valence-electron chi connectivity index (χ1n) is 8.17. The maximum Gasteiger partial charge on any atom is 0.261 e. The fraction of sp³-hybridized carbons (Fsp3) is 0.0500. The van der Waals surface area contributed by atoms with Crippen LogP contribution in [0.4, 0.5) is 11.4 Å². The highest BCUT2D eigenvalue weighted by atomic mass is 35.5. The van der Waals surface area contributed by atoms with Crippen LogP contribution in [0.5, 0.6) is 5.75 Å². The second-order valence-corrected chi connectivity index (χ2v) is 8.52. The smallest absolute Gasteiger partial charge is 0.261 e. The molecule has 3 aromatic carbocycles. The summed E-state index contributed by atoms with van der Waals surface area (Å²) in [6.07, 6.45) is 1.43. The standard InChI is InChI=1S/C20H16Cl2N2O3S/c1-13-6-8-15(9-7-13)28(26,27)24-19-11-18(16(21)10-17(19)22)23-12-14-4-2-3-5-20(14)25/h2-12,24-25H,1H3. The maximum atomic E-state index is 12.6. The monoisotopic (exact) mass is 434 g/mol. The molecule has 3 aromatic rings.